The van der Waals surface area contributed by atoms with Gasteiger partial charge in [-0.3, -0.25) is 4.79 Å². The molecule has 4 heteroatoms. The summed E-state index contributed by atoms with van der Waals surface area (Å²) in [5.74, 6) is 0.146. The molecule has 0 unspecified atom stereocenters. The average molecular weight is 173 g/mol. The number of hydrogen-bond acceptors (Lipinski definition) is 2. The fourth-order valence-corrected chi connectivity index (χ4v) is 1.90. The quantitative estimate of drug-likeness (QED) is 0.590. The number of hydroxylamine groups is 2. The lowest BCUT2D eigenvalue weighted by atomic mass is 10.4. The Hall–Kier alpha value is -0.353. The fourth-order valence-electron chi connectivity index (χ4n) is 1.05. The molecule has 1 aliphatic rings. The second-order valence-electron chi connectivity index (χ2n) is 3.80. The summed E-state index contributed by atoms with van der Waals surface area (Å²) < 4.78 is 5.53. The Kier molecular flexibility index (Phi) is 2.34. The third-order valence-corrected chi connectivity index (χ3v) is 2.18. The Labute approximate surface area is 68.4 Å². The molecule has 3 nitrogen and oxygen atoms in total. The molecule has 0 aromatic heterocycles. The van der Waals surface area contributed by atoms with Gasteiger partial charge in [0.2, 0.25) is 14.2 Å². The van der Waals surface area contributed by atoms with Crippen molar-refractivity contribution < 1.29 is 9.32 Å². The summed E-state index contributed by atoms with van der Waals surface area (Å²) in [6, 6.07) is 0. The first-order valence-electron chi connectivity index (χ1n) is 3.98. The predicted octanol–water partition coefficient (Wildman–Crippen LogP) is 1.38. The molecule has 1 amide bonds. The molecule has 0 radical (unpaired) electrons. The Morgan fingerprint density at radius 3 is 2.45 bits per heavy atom. The Bertz CT molecular complexity index is 164. The maximum absolute atomic E-state index is 11.1. The number of hydrogen-bond donors (Lipinski definition) is 0. The summed E-state index contributed by atoms with van der Waals surface area (Å²) in [6.07, 6.45) is 1.60. The van der Waals surface area contributed by atoms with Gasteiger partial charge in [-0.25, -0.2) is 5.06 Å². The molecule has 1 rings (SSSR count). The van der Waals surface area contributed by atoms with Crippen molar-refractivity contribution in [3.8, 4) is 0 Å². The van der Waals surface area contributed by atoms with E-state index in [2.05, 4.69) is 19.6 Å². The van der Waals surface area contributed by atoms with E-state index in [-0.39, 0.29) is 5.91 Å². The number of amides is 1. The minimum atomic E-state index is -1.56. The van der Waals surface area contributed by atoms with Crippen LogP contribution in [0.25, 0.3) is 0 Å². The molecule has 1 heterocycles. The van der Waals surface area contributed by atoms with Gasteiger partial charge in [-0.1, -0.05) is 0 Å². The van der Waals surface area contributed by atoms with E-state index in [9.17, 15) is 4.79 Å². The molecule has 1 saturated heterocycles. The molecule has 11 heavy (non-hydrogen) atoms. The molecule has 0 bridgehead atoms. The predicted molar refractivity (Wildman–Crippen MR) is 45.4 cm³/mol. The van der Waals surface area contributed by atoms with Crippen LogP contribution in [0.5, 0.6) is 0 Å². The molecule has 64 valence electrons. The van der Waals surface area contributed by atoms with E-state index in [1.807, 2.05) is 0 Å². The molecule has 1 aliphatic heterocycles. The lowest BCUT2D eigenvalue weighted by molar-refractivity contribution is -0.152. The third kappa shape index (κ3) is 2.63. The monoisotopic (exact) mass is 173 g/mol. The minimum absolute atomic E-state index is 0.146. The number of carbonyl (C=O) groups is 1. The molecule has 0 spiro atoms. The van der Waals surface area contributed by atoms with Gasteiger partial charge in [0, 0.05) is 13.0 Å². The first-order valence-corrected chi connectivity index (χ1v) is 7.39. The minimum Gasteiger partial charge on any atom is -0.318 e. The third-order valence-electron chi connectivity index (χ3n) is 1.41. The summed E-state index contributed by atoms with van der Waals surface area (Å²) in [4.78, 5) is 11.1. The highest BCUT2D eigenvalue weighted by molar-refractivity contribution is 6.69. The Morgan fingerprint density at radius 1 is 1.45 bits per heavy atom. The molecule has 0 aromatic carbocycles. The highest BCUT2D eigenvalue weighted by Crippen LogP contribution is 2.14. The lowest BCUT2D eigenvalue weighted by Gasteiger charge is -2.24. The van der Waals surface area contributed by atoms with Crippen LogP contribution in [0.15, 0.2) is 0 Å². The van der Waals surface area contributed by atoms with Crippen molar-refractivity contribution in [3.63, 3.8) is 0 Å². The van der Waals surface area contributed by atoms with Crippen LogP contribution in [0.2, 0.25) is 19.6 Å². The van der Waals surface area contributed by atoms with E-state index in [0.717, 1.165) is 13.0 Å². The summed E-state index contributed by atoms with van der Waals surface area (Å²) >= 11 is 0. The van der Waals surface area contributed by atoms with Crippen molar-refractivity contribution >= 4 is 14.2 Å². The van der Waals surface area contributed by atoms with Crippen molar-refractivity contribution in [2.75, 3.05) is 6.54 Å². The molecular weight excluding hydrogens is 158 g/mol. The molecule has 0 aromatic rings. The zero-order chi connectivity index (χ0) is 8.48. The van der Waals surface area contributed by atoms with Gasteiger partial charge in [-0.2, -0.15) is 0 Å². The van der Waals surface area contributed by atoms with Gasteiger partial charge >= 0.3 is 0 Å². The second-order valence-corrected chi connectivity index (χ2v) is 8.21. The number of rotatable bonds is 2. The topological polar surface area (TPSA) is 29.5 Å². The van der Waals surface area contributed by atoms with Crippen LogP contribution in [0.1, 0.15) is 12.8 Å². The maximum Gasteiger partial charge on any atom is 0.245 e. The zero-order valence-corrected chi connectivity index (χ0v) is 8.39. The van der Waals surface area contributed by atoms with E-state index in [1.54, 1.807) is 0 Å². The fraction of sp³-hybridized carbons (Fsp3) is 0.857. The zero-order valence-electron chi connectivity index (χ0n) is 7.39. The molecule has 0 aliphatic carbocycles. The molecule has 0 N–H and O–H groups in total. The molecule has 1 fully saturated rings. The Morgan fingerprint density at radius 2 is 2.09 bits per heavy atom. The molecule has 0 saturated carbocycles. The van der Waals surface area contributed by atoms with Crippen LogP contribution < -0.4 is 0 Å². The van der Waals surface area contributed by atoms with Crippen molar-refractivity contribution in [2.45, 2.75) is 32.5 Å². The molecule has 0 atom stereocenters. The van der Waals surface area contributed by atoms with Crippen molar-refractivity contribution in [1.82, 2.24) is 5.06 Å². The van der Waals surface area contributed by atoms with Gasteiger partial charge in [0.15, 0.2) is 0 Å². The molecular formula is C7H15NO2Si. The van der Waals surface area contributed by atoms with E-state index in [0.29, 0.717) is 6.42 Å². The summed E-state index contributed by atoms with van der Waals surface area (Å²) in [5, 5.41) is 1.53. The largest absolute Gasteiger partial charge is 0.318 e. The van der Waals surface area contributed by atoms with Gasteiger partial charge < -0.3 is 4.53 Å². The smallest absolute Gasteiger partial charge is 0.245 e. The van der Waals surface area contributed by atoms with Crippen LogP contribution in [-0.4, -0.2) is 25.8 Å². The van der Waals surface area contributed by atoms with Crippen molar-refractivity contribution in [1.29, 1.82) is 0 Å². The van der Waals surface area contributed by atoms with E-state index < -0.39 is 8.32 Å². The normalized spacial score (nSPS) is 19.5. The van der Waals surface area contributed by atoms with Crippen LogP contribution in [0.4, 0.5) is 0 Å². The van der Waals surface area contributed by atoms with Gasteiger partial charge in [-0.05, 0) is 26.1 Å². The summed E-state index contributed by atoms with van der Waals surface area (Å²) in [7, 11) is -1.56. The average Bonchev–Trinajstić information content (AvgIpc) is 2.12. The van der Waals surface area contributed by atoms with E-state index in [1.165, 1.54) is 5.06 Å². The highest BCUT2D eigenvalue weighted by atomic mass is 28.4. The van der Waals surface area contributed by atoms with Crippen molar-refractivity contribution in [3.05, 3.63) is 0 Å². The van der Waals surface area contributed by atoms with Crippen LogP contribution in [0, 0.1) is 0 Å². The highest BCUT2D eigenvalue weighted by Gasteiger charge is 2.27. The first kappa shape index (κ1) is 8.74. The van der Waals surface area contributed by atoms with E-state index >= 15 is 0 Å². The van der Waals surface area contributed by atoms with Gasteiger partial charge in [0.25, 0.3) is 0 Å². The summed E-state index contributed by atoms with van der Waals surface area (Å²) in [5.41, 5.74) is 0. The first-order chi connectivity index (χ1) is 4.99. The van der Waals surface area contributed by atoms with E-state index in [4.69, 9.17) is 4.53 Å². The SMILES string of the molecule is C[Si](C)(C)ON1CCCC1=O. The maximum atomic E-state index is 11.1. The second kappa shape index (κ2) is 2.95. The lowest BCUT2D eigenvalue weighted by Crippen LogP contribution is -2.38. The Balaban J connectivity index is 2.43. The van der Waals surface area contributed by atoms with Gasteiger partial charge in [0.05, 0.1) is 0 Å². The number of carbonyl (C=O) groups excluding carboxylic acids is 1. The summed E-state index contributed by atoms with van der Waals surface area (Å²) in [6.45, 7) is 7.03. The van der Waals surface area contributed by atoms with Crippen molar-refractivity contribution in [2.24, 2.45) is 0 Å². The van der Waals surface area contributed by atoms with Gasteiger partial charge in [-0.15, -0.1) is 0 Å². The van der Waals surface area contributed by atoms with Crippen LogP contribution in [0.3, 0.4) is 0 Å². The van der Waals surface area contributed by atoms with Gasteiger partial charge in [0.1, 0.15) is 0 Å². The van der Waals surface area contributed by atoms with Crippen LogP contribution in [-0.2, 0) is 9.32 Å². The van der Waals surface area contributed by atoms with Crippen LogP contribution >= 0.6 is 0 Å². The standard InChI is InChI=1S/C7H15NO2Si/c1-11(2,3)10-8-6-4-5-7(8)9/h4-6H2,1-3H3. The number of nitrogens with zero attached hydrogens (tertiary/aromatic N) is 1.